The third kappa shape index (κ3) is 4.18. The highest BCUT2D eigenvalue weighted by Crippen LogP contribution is 2.22. The molecule has 0 bridgehead atoms. The maximum atomic E-state index is 11.4. The molecular formula is C14H16ClN5O2. The van der Waals surface area contributed by atoms with E-state index in [-0.39, 0.29) is 24.5 Å². The van der Waals surface area contributed by atoms with E-state index < -0.39 is 5.97 Å². The van der Waals surface area contributed by atoms with Gasteiger partial charge >= 0.3 is 5.97 Å². The van der Waals surface area contributed by atoms with Gasteiger partial charge in [0.2, 0.25) is 5.71 Å². The highest BCUT2D eigenvalue weighted by atomic mass is 35.5. The van der Waals surface area contributed by atoms with Crippen LogP contribution in [0.2, 0.25) is 5.02 Å². The van der Waals surface area contributed by atoms with Crippen LogP contribution in [0, 0.1) is 11.3 Å². The average molecular weight is 322 g/mol. The van der Waals surface area contributed by atoms with Crippen molar-refractivity contribution in [1.29, 1.82) is 5.26 Å². The summed E-state index contributed by atoms with van der Waals surface area (Å²) >= 11 is 5.86. The summed E-state index contributed by atoms with van der Waals surface area (Å²) in [4.78, 5) is 11.4. The molecular weight excluding hydrogens is 306 g/mol. The maximum absolute atomic E-state index is 11.4. The second-order valence-corrected chi connectivity index (χ2v) is 5.04. The Bertz CT molecular complexity index is 596. The Morgan fingerprint density at radius 2 is 2.23 bits per heavy atom. The molecule has 8 heteroatoms. The number of benzene rings is 1. The third-order valence-corrected chi connectivity index (χ3v) is 3.33. The molecule has 0 saturated carbocycles. The van der Waals surface area contributed by atoms with Gasteiger partial charge < -0.3 is 4.74 Å². The van der Waals surface area contributed by atoms with Gasteiger partial charge in [0.1, 0.15) is 12.2 Å². The molecule has 2 unspecified atom stereocenters. The summed E-state index contributed by atoms with van der Waals surface area (Å²) in [6.07, 6.45) is 0.477. The fourth-order valence-electron chi connectivity index (χ4n) is 2.01. The van der Waals surface area contributed by atoms with Gasteiger partial charge in [-0.25, -0.2) is 15.6 Å². The molecule has 0 aliphatic carbocycles. The predicted octanol–water partition coefficient (Wildman–Crippen LogP) is 1.24. The first-order valence-electron chi connectivity index (χ1n) is 6.81. The quantitative estimate of drug-likeness (QED) is 0.429. The van der Waals surface area contributed by atoms with Crippen molar-refractivity contribution in [1.82, 2.24) is 16.3 Å². The van der Waals surface area contributed by atoms with Gasteiger partial charge in [0.15, 0.2) is 0 Å². The Kier molecular flexibility index (Phi) is 5.72. The number of hydrogen-bond acceptors (Lipinski definition) is 7. The molecule has 0 spiro atoms. The Labute approximate surface area is 133 Å². The number of ether oxygens (including phenoxy) is 1. The Morgan fingerprint density at radius 1 is 1.50 bits per heavy atom. The lowest BCUT2D eigenvalue weighted by molar-refractivity contribution is -0.134. The Balaban J connectivity index is 1.92. The normalized spacial score (nSPS) is 21.2. The standard InChI is InChI=1S/C14H16ClN5O2/c1-2-22-14(21)12(8-16)18-20-13-7-11(17-19-13)9-3-5-10(15)6-4-9/h3-6,11,13,17,19-20H,2,7H2,1H3/b18-12+. The first kappa shape index (κ1) is 16.2. The number of carbonyl (C=O) groups is 1. The monoisotopic (exact) mass is 321 g/mol. The summed E-state index contributed by atoms with van der Waals surface area (Å²) in [7, 11) is 0. The largest absolute Gasteiger partial charge is 0.461 e. The summed E-state index contributed by atoms with van der Waals surface area (Å²) in [5.41, 5.74) is 9.64. The van der Waals surface area contributed by atoms with Crippen LogP contribution in [0.4, 0.5) is 0 Å². The van der Waals surface area contributed by atoms with E-state index in [4.69, 9.17) is 21.6 Å². The van der Waals surface area contributed by atoms with Crippen molar-refractivity contribution in [2.75, 3.05) is 6.61 Å². The van der Waals surface area contributed by atoms with Gasteiger partial charge in [-0.2, -0.15) is 10.4 Å². The zero-order valence-corrected chi connectivity index (χ0v) is 12.7. The predicted molar refractivity (Wildman–Crippen MR) is 81.7 cm³/mol. The first-order valence-corrected chi connectivity index (χ1v) is 7.18. The zero-order valence-electron chi connectivity index (χ0n) is 12.0. The summed E-state index contributed by atoms with van der Waals surface area (Å²) in [5, 5.41) is 13.4. The number of hydrogen-bond donors (Lipinski definition) is 3. The van der Waals surface area contributed by atoms with Crippen LogP contribution in [0.15, 0.2) is 29.4 Å². The van der Waals surface area contributed by atoms with E-state index in [1.807, 2.05) is 24.3 Å². The fraction of sp³-hybridized carbons (Fsp3) is 0.357. The molecule has 0 aromatic heterocycles. The second-order valence-electron chi connectivity index (χ2n) is 4.60. The van der Waals surface area contributed by atoms with E-state index in [2.05, 4.69) is 21.4 Å². The lowest BCUT2D eigenvalue weighted by atomic mass is 10.1. The Hall–Kier alpha value is -2.14. The smallest absolute Gasteiger partial charge is 0.369 e. The minimum Gasteiger partial charge on any atom is -0.461 e. The first-order chi connectivity index (χ1) is 10.6. The molecule has 7 nitrogen and oxygen atoms in total. The lowest BCUT2D eigenvalue weighted by Crippen LogP contribution is -2.39. The van der Waals surface area contributed by atoms with Gasteiger partial charge in [-0.15, -0.1) is 0 Å². The molecule has 22 heavy (non-hydrogen) atoms. The van der Waals surface area contributed by atoms with Crippen LogP contribution < -0.4 is 16.3 Å². The molecule has 0 radical (unpaired) electrons. The van der Waals surface area contributed by atoms with Crippen LogP contribution in [0.3, 0.4) is 0 Å². The Morgan fingerprint density at radius 3 is 2.86 bits per heavy atom. The molecule has 1 aromatic carbocycles. The molecule has 0 amide bonds. The van der Waals surface area contributed by atoms with Crippen molar-refractivity contribution in [3.05, 3.63) is 34.9 Å². The van der Waals surface area contributed by atoms with Gasteiger partial charge in [-0.05, 0) is 24.6 Å². The number of carbonyl (C=O) groups excluding carboxylic acids is 1. The average Bonchev–Trinajstić information content (AvgIpc) is 2.98. The number of hydrazine groups is 1. The van der Waals surface area contributed by atoms with Crippen LogP contribution in [0.1, 0.15) is 24.9 Å². The fourth-order valence-corrected chi connectivity index (χ4v) is 2.14. The molecule has 1 aliphatic rings. The molecule has 1 saturated heterocycles. The number of nitrogens with zero attached hydrogens (tertiary/aromatic N) is 2. The van der Waals surface area contributed by atoms with Gasteiger partial charge in [0, 0.05) is 17.5 Å². The van der Waals surface area contributed by atoms with Crippen LogP contribution in [-0.4, -0.2) is 24.5 Å². The highest BCUT2D eigenvalue weighted by Gasteiger charge is 2.25. The van der Waals surface area contributed by atoms with Crippen molar-refractivity contribution in [2.24, 2.45) is 5.10 Å². The van der Waals surface area contributed by atoms with E-state index in [0.29, 0.717) is 11.4 Å². The van der Waals surface area contributed by atoms with Crippen molar-refractivity contribution in [3.8, 4) is 6.07 Å². The van der Waals surface area contributed by atoms with Gasteiger partial charge in [-0.3, -0.25) is 5.43 Å². The van der Waals surface area contributed by atoms with Gasteiger partial charge in [-0.1, -0.05) is 23.7 Å². The topological polar surface area (TPSA) is 98.5 Å². The van der Waals surface area contributed by atoms with Crippen LogP contribution in [-0.2, 0) is 9.53 Å². The van der Waals surface area contributed by atoms with E-state index in [0.717, 1.165) is 5.56 Å². The molecule has 3 N–H and O–H groups in total. The summed E-state index contributed by atoms with van der Waals surface area (Å²) in [6.45, 7) is 1.86. The molecule has 1 aliphatic heterocycles. The number of rotatable bonds is 5. The molecule has 1 fully saturated rings. The van der Waals surface area contributed by atoms with E-state index in [9.17, 15) is 4.79 Å². The number of nitriles is 1. The molecule has 116 valence electrons. The van der Waals surface area contributed by atoms with Crippen LogP contribution in [0.5, 0.6) is 0 Å². The number of esters is 1. The van der Waals surface area contributed by atoms with Crippen LogP contribution >= 0.6 is 11.6 Å². The molecule has 2 rings (SSSR count). The van der Waals surface area contributed by atoms with Gasteiger partial charge in [0.05, 0.1) is 6.61 Å². The minimum atomic E-state index is -0.738. The summed E-state index contributed by atoms with van der Waals surface area (Å²) in [6, 6.07) is 9.32. The van der Waals surface area contributed by atoms with Crippen molar-refractivity contribution >= 4 is 23.3 Å². The van der Waals surface area contributed by atoms with Crippen molar-refractivity contribution < 1.29 is 9.53 Å². The number of nitrogens with one attached hydrogen (secondary N) is 3. The number of halogens is 1. The van der Waals surface area contributed by atoms with E-state index in [1.165, 1.54) is 0 Å². The molecule has 2 atom stereocenters. The summed E-state index contributed by atoms with van der Waals surface area (Å²) < 4.78 is 4.73. The van der Waals surface area contributed by atoms with Crippen molar-refractivity contribution in [3.63, 3.8) is 0 Å². The maximum Gasteiger partial charge on any atom is 0.369 e. The number of hydrazone groups is 1. The molecule has 1 aromatic rings. The van der Waals surface area contributed by atoms with Gasteiger partial charge in [0.25, 0.3) is 0 Å². The molecule has 1 heterocycles. The van der Waals surface area contributed by atoms with E-state index in [1.54, 1.807) is 13.0 Å². The summed E-state index contributed by atoms with van der Waals surface area (Å²) in [5.74, 6) is -0.738. The third-order valence-electron chi connectivity index (χ3n) is 3.08. The van der Waals surface area contributed by atoms with Crippen molar-refractivity contribution in [2.45, 2.75) is 25.6 Å². The SMILES string of the molecule is CCOC(=O)/C(C#N)=N/NC1CC(c2ccc(Cl)cc2)NN1. The lowest BCUT2D eigenvalue weighted by Gasteiger charge is -2.09. The van der Waals surface area contributed by atoms with Crippen LogP contribution in [0.25, 0.3) is 0 Å². The minimum absolute atomic E-state index is 0.0816. The highest BCUT2D eigenvalue weighted by molar-refractivity contribution is 6.43. The van der Waals surface area contributed by atoms with E-state index >= 15 is 0 Å². The zero-order chi connectivity index (χ0) is 15.9. The second kappa shape index (κ2) is 7.75.